The van der Waals surface area contributed by atoms with Gasteiger partial charge in [-0.1, -0.05) is 43.7 Å². The smallest absolute Gasteiger partial charge is 0.356 e. The molecule has 0 aliphatic rings. The Morgan fingerprint density at radius 1 is 1.40 bits per heavy atom. The lowest BCUT2D eigenvalue weighted by molar-refractivity contribution is 0.0689. The highest BCUT2D eigenvalue weighted by Crippen LogP contribution is 2.35. The van der Waals surface area contributed by atoms with Crippen LogP contribution in [-0.2, 0) is 4.74 Å². The summed E-state index contributed by atoms with van der Waals surface area (Å²) in [5.74, 6) is -1.00. The number of ether oxygens (including phenoxy) is 1. The molecule has 0 fully saturated rings. The van der Waals surface area contributed by atoms with Gasteiger partial charge in [-0.25, -0.2) is 9.78 Å². The van der Waals surface area contributed by atoms with Crippen molar-refractivity contribution in [2.24, 2.45) is 0 Å². The molecule has 0 aliphatic carbocycles. The maximum Gasteiger partial charge on any atom is 0.356 e. The van der Waals surface area contributed by atoms with Crippen LogP contribution < -0.4 is 0 Å². The Morgan fingerprint density at radius 2 is 2.10 bits per heavy atom. The second kappa shape index (κ2) is 6.63. The van der Waals surface area contributed by atoms with Crippen molar-refractivity contribution in [3.63, 3.8) is 0 Å². The lowest BCUT2D eigenvalue weighted by atomic mass is 10.1. The summed E-state index contributed by atoms with van der Waals surface area (Å²) in [5.41, 5.74) is 0.981. The minimum Gasteiger partial charge on any atom is -0.476 e. The summed E-state index contributed by atoms with van der Waals surface area (Å²) in [6.07, 6.45) is 1.65. The van der Waals surface area contributed by atoms with Crippen LogP contribution in [0.15, 0.2) is 30.3 Å². The Balaban J connectivity index is 2.46. The fourth-order valence-corrected chi connectivity index (χ4v) is 3.18. The summed E-state index contributed by atoms with van der Waals surface area (Å²) >= 11 is 1.40. The van der Waals surface area contributed by atoms with Gasteiger partial charge >= 0.3 is 5.97 Å². The summed E-state index contributed by atoms with van der Waals surface area (Å²) in [7, 11) is 1.63. The molecule has 106 valence electrons. The predicted octanol–water partition coefficient (Wildman–Crippen LogP) is 4.00. The number of aromatic carboxylic acids is 1. The number of hydrogen-bond acceptors (Lipinski definition) is 4. The largest absolute Gasteiger partial charge is 0.476 e. The van der Waals surface area contributed by atoms with Crippen LogP contribution in [0.3, 0.4) is 0 Å². The lowest BCUT2D eigenvalue weighted by Gasteiger charge is -2.10. The highest BCUT2D eigenvalue weighted by molar-refractivity contribution is 7.15. The van der Waals surface area contributed by atoms with Gasteiger partial charge in [0, 0.05) is 7.11 Å². The minimum atomic E-state index is -1.00. The number of carbonyl (C=O) groups is 1. The summed E-state index contributed by atoms with van der Waals surface area (Å²) in [5, 5.41) is 10.1. The van der Waals surface area contributed by atoms with E-state index >= 15 is 0 Å². The second-order valence-corrected chi connectivity index (χ2v) is 5.44. The molecular weight excluding hydrogens is 274 g/mol. The molecule has 1 heterocycles. The molecule has 0 saturated carbocycles. The van der Waals surface area contributed by atoms with Gasteiger partial charge in [0.15, 0.2) is 5.69 Å². The Hall–Kier alpha value is -1.72. The molecule has 4 nitrogen and oxygen atoms in total. The van der Waals surface area contributed by atoms with Gasteiger partial charge in [0.05, 0.1) is 4.88 Å². The highest BCUT2D eigenvalue weighted by atomic mass is 32.1. The minimum absolute atomic E-state index is 0.106. The maximum atomic E-state index is 11.4. The molecule has 0 bridgehead atoms. The second-order valence-electron chi connectivity index (χ2n) is 4.41. The summed E-state index contributed by atoms with van der Waals surface area (Å²) in [4.78, 5) is 16.3. The fourth-order valence-electron chi connectivity index (χ4n) is 2.01. The number of methoxy groups -OCH3 is 1. The molecule has 0 amide bonds. The zero-order chi connectivity index (χ0) is 14.5. The number of thiazole rings is 1. The van der Waals surface area contributed by atoms with Crippen molar-refractivity contribution in [2.45, 2.75) is 25.9 Å². The molecule has 0 aliphatic heterocycles. The SMILES string of the molecule is CCCC(OC)c1nc(C(=O)O)c(-c2ccccc2)s1. The molecule has 1 N–H and O–H groups in total. The van der Waals surface area contributed by atoms with Gasteiger partial charge in [-0.05, 0) is 12.0 Å². The Labute approximate surface area is 122 Å². The van der Waals surface area contributed by atoms with Crippen LogP contribution >= 0.6 is 11.3 Å². The molecule has 1 aromatic heterocycles. The zero-order valence-electron chi connectivity index (χ0n) is 11.5. The molecule has 2 aromatic rings. The third kappa shape index (κ3) is 3.05. The molecule has 0 saturated heterocycles. The first-order valence-electron chi connectivity index (χ1n) is 6.49. The molecular formula is C15H17NO3S. The van der Waals surface area contributed by atoms with Crippen molar-refractivity contribution in [1.82, 2.24) is 4.98 Å². The quantitative estimate of drug-likeness (QED) is 0.874. The normalized spacial score (nSPS) is 12.3. The number of carboxylic acid groups (broad SMARTS) is 1. The van der Waals surface area contributed by atoms with Gasteiger partial charge in [0.25, 0.3) is 0 Å². The van der Waals surface area contributed by atoms with Crippen molar-refractivity contribution < 1.29 is 14.6 Å². The topological polar surface area (TPSA) is 59.4 Å². The molecule has 1 atom stereocenters. The lowest BCUT2D eigenvalue weighted by Crippen LogP contribution is -2.03. The summed E-state index contributed by atoms with van der Waals surface area (Å²) in [6.45, 7) is 2.07. The molecule has 0 radical (unpaired) electrons. The Kier molecular flexibility index (Phi) is 4.87. The van der Waals surface area contributed by atoms with Gasteiger partial charge in [-0.15, -0.1) is 11.3 Å². The van der Waals surface area contributed by atoms with Crippen LogP contribution in [-0.4, -0.2) is 23.2 Å². The highest BCUT2D eigenvalue weighted by Gasteiger charge is 2.22. The Morgan fingerprint density at radius 3 is 2.65 bits per heavy atom. The third-order valence-corrected chi connectivity index (χ3v) is 4.19. The average molecular weight is 291 g/mol. The predicted molar refractivity (Wildman–Crippen MR) is 79.2 cm³/mol. The molecule has 1 aromatic carbocycles. The first-order chi connectivity index (χ1) is 9.67. The number of aromatic nitrogens is 1. The van der Waals surface area contributed by atoms with Crippen LogP contribution in [0.25, 0.3) is 10.4 Å². The van der Waals surface area contributed by atoms with Crippen molar-refractivity contribution in [3.8, 4) is 10.4 Å². The van der Waals surface area contributed by atoms with E-state index in [2.05, 4.69) is 11.9 Å². The first kappa shape index (κ1) is 14.7. The van der Waals surface area contributed by atoms with E-state index in [0.29, 0.717) is 4.88 Å². The molecule has 20 heavy (non-hydrogen) atoms. The number of benzene rings is 1. The number of nitrogens with zero attached hydrogens (tertiary/aromatic N) is 1. The van der Waals surface area contributed by atoms with E-state index < -0.39 is 5.97 Å². The van der Waals surface area contributed by atoms with Crippen molar-refractivity contribution in [2.75, 3.05) is 7.11 Å². The molecule has 1 unspecified atom stereocenters. The van der Waals surface area contributed by atoms with Crippen LogP contribution in [0.1, 0.15) is 41.4 Å². The molecule has 0 spiro atoms. The van der Waals surface area contributed by atoms with Crippen molar-refractivity contribution >= 4 is 17.3 Å². The van der Waals surface area contributed by atoms with Gasteiger partial charge in [0.1, 0.15) is 11.1 Å². The van der Waals surface area contributed by atoms with E-state index in [-0.39, 0.29) is 11.8 Å². The van der Waals surface area contributed by atoms with E-state index in [1.807, 2.05) is 30.3 Å². The number of rotatable bonds is 6. The number of carboxylic acids is 1. The maximum absolute atomic E-state index is 11.4. The van der Waals surface area contributed by atoms with Crippen LogP contribution in [0, 0.1) is 0 Å². The summed E-state index contributed by atoms with van der Waals surface area (Å²) < 4.78 is 5.42. The van der Waals surface area contributed by atoms with Crippen LogP contribution in [0.2, 0.25) is 0 Å². The average Bonchev–Trinajstić information content (AvgIpc) is 2.91. The van der Waals surface area contributed by atoms with Gasteiger partial charge in [-0.2, -0.15) is 0 Å². The third-order valence-electron chi connectivity index (χ3n) is 2.99. The van der Waals surface area contributed by atoms with E-state index in [1.54, 1.807) is 7.11 Å². The fraction of sp³-hybridized carbons (Fsp3) is 0.333. The van der Waals surface area contributed by atoms with Gasteiger partial charge < -0.3 is 9.84 Å². The van der Waals surface area contributed by atoms with Crippen molar-refractivity contribution in [1.29, 1.82) is 0 Å². The van der Waals surface area contributed by atoms with Gasteiger partial charge in [0.2, 0.25) is 0 Å². The standard InChI is InChI=1S/C15H17NO3S/c1-3-7-11(19-2)14-16-12(15(17)18)13(20-14)10-8-5-4-6-9-10/h4-6,8-9,11H,3,7H2,1-2H3,(H,17,18). The monoisotopic (exact) mass is 291 g/mol. The Bertz CT molecular complexity index is 580. The van der Waals surface area contributed by atoms with Gasteiger partial charge in [-0.3, -0.25) is 0 Å². The molecule has 2 rings (SSSR count). The van der Waals surface area contributed by atoms with Crippen LogP contribution in [0.4, 0.5) is 0 Å². The number of hydrogen-bond donors (Lipinski definition) is 1. The summed E-state index contributed by atoms with van der Waals surface area (Å²) in [6, 6.07) is 9.47. The zero-order valence-corrected chi connectivity index (χ0v) is 12.3. The first-order valence-corrected chi connectivity index (χ1v) is 7.31. The van der Waals surface area contributed by atoms with Crippen LogP contribution in [0.5, 0.6) is 0 Å². The van der Waals surface area contributed by atoms with E-state index in [1.165, 1.54) is 11.3 Å². The van der Waals surface area contributed by atoms with Crippen molar-refractivity contribution in [3.05, 3.63) is 41.0 Å². The van der Waals surface area contributed by atoms with E-state index in [9.17, 15) is 9.90 Å². The van der Waals surface area contributed by atoms with E-state index in [4.69, 9.17) is 4.74 Å². The van der Waals surface area contributed by atoms with E-state index in [0.717, 1.165) is 23.4 Å². The molecule has 5 heteroatoms.